The number of benzene rings is 3. The van der Waals surface area contributed by atoms with Gasteiger partial charge in [-0.2, -0.15) is 0 Å². The fraction of sp³-hybridized carbons (Fsp3) is 0.148. The minimum Gasteiger partial charge on any atom is -0.495 e. The molecule has 0 radical (unpaired) electrons. The molecule has 2 N–H and O–H groups in total. The highest BCUT2D eigenvalue weighted by molar-refractivity contribution is 9.10. The molecule has 0 aliphatic carbocycles. The smallest absolute Gasteiger partial charge is 0.329 e. The number of nitrogens with zero attached hydrogens (tertiary/aromatic N) is 1. The predicted octanol–water partition coefficient (Wildman–Crippen LogP) is 5.88. The van der Waals surface area contributed by atoms with Crippen molar-refractivity contribution in [2.45, 2.75) is 6.61 Å². The Bertz CT molecular complexity index is 1480. The van der Waals surface area contributed by atoms with Crippen molar-refractivity contribution in [1.29, 1.82) is 0 Å². The van der Waals surface area contributed by atoms with E-state index in [2.05, 4.69) is 26.6 Å². The topological polar surface area (TPSA) is 106 Å². The van der Waals surface area contributed by atoms with Crippen molar-refractivity contribution in [1.82, 2.24) is 10.2 Å². The first kappa shape index (κ1) is 28.3. The van der Waals surface area contributed by atoms with Gasteiger partial charge in [0, 0.05) is 4.47 Å². The van der Waals surface area contributed by atoms with Gasteiger partial charge in [-0.3, -0.25) is 9.59 Å². The molecule has 9 nitrogen and oxygen atoms in total. The zero-order valence-corrected chi connectivity index (χ0v) is 23.8. The SMILES string of the molecule is COc1ccccc1NC(=O)CN1C(=O)N/C(=C/c2cc(OC)c(OCc3ccc(Cl)c(Cl)c3)cc2Br)C1=O. The van der Waals surface area contributed by atoms with Crippen molar-refractivity contribution in [3.8, 4) is 17.2 Å². The molecule has 0 bridgehead atoms. The summed E-state index contributed by atoms with van der Waals surface area (Å²) >= 11 is 15.5. The van der Waals surface area contributed by atoms with E-state index in [0.29, 0.717) is 43.0 Å². The molecule has 3 aromatic carbocycles. The molecule has 1 fully saturated rings. The van der Waals surface area contributed by atoms with E-state index in [4.69, 9.17) is 37.4 Å². The van der Waals surface area contributed by atoms with E-state index in [1.807, 2.05) is 0 Å². The van der Waals surface area contributed by atoms with Crippen molar-refractivity contribution in [3.63, 3.8) is 0 Å². The molecule has 0 saturated carbocycles. The third-order valence-corrected chi connectivity index (χ3v) is 7.03. The van der Waals surface area contributed by atoms with Crippen LogP contribution in [0.25, 0.3) is 6.08 Å². The average molecular weight is 635 g/mol. The standard InChI is InChI=1S/C27H22BrCl2N3O6/c1-37-22-6-4-3-5-20(22)31-25(34)13-33-26(35)21(32-27(33)36)10-16-11-23(38-2)24(12-17(16)28)39-14-15-7-8-18(29)19(30)9-15/h3-12H,13-14H2,1-2H3,(H,31,34)(H,32,36)/b21-10+. The van der Waals surface area contributed by atoms with E-state index >= 15 is 0 Å². The summed E-state index contributed by atoms with van der Waals surface area (Å²) in [6, 6.07) is 14.6. The molecule has 1 saturated heterocycles. The number of carbonyl (C=O) groups is 3. The van der Waals surface area contributed by atoms with E-state index in [1.165, 1.54) is 20.3 Å². The number of hydrogen-bond acceptors (Lipinski definition) is 6. The number of para-hydroxylation sites is 2. The second kappa shape index (κ2) is 12.4. The highest BCUT2D eigenvalue weighted by Gasteiger charge is 2.35. The van der Waals surface area contributed by atoms with Crippen molar-refractivity contribution >= 4 is 68.7 Å². The maximum atomic E-state index is 13.0. The molecule has 4 amide bonds. The highest BCUT2D eigenvalue weighted by Crippen LogP contribution is 2.36. The largest absolute Gasteiger partial charge is 0.495 e. The Kier molecular flexibility index (Phi) is 9.01. The normalized spacial score (nSPS) is 13.9. The van der Waals surface area contributed by atoms with Gasteiger partial charge in [0.25, 0.3) is 5.91 Å². The number of halogens is 3. The Morgan fingerprint density at radius 3 is 2.46 bits per heavy atom. The number of carbonyl (C=O) groups excluding carboxylic acids is 3. The Hall–Kier alpha value is -3.73. The lowest BCUT2D eigenvalue weighted by Crippen LogP contribution is -2.38. The summed E-state index contributed by atoms with van der Waals surface area (Å²) in [5.74, 6) is 0.0762. The van der Waals surface area contributed by atoms with Crippen LogP contribution in [0.3, 0.4) is 0 Å². The predicted molar refractivity (Wildman–Crippen MR) is 151 cm³/mol. The van der Waals surface area contributed by atoms with E-state index in [0.717, 1.165) is 10.5 Å². The fourth-order valence-electron chi connectivity index (χ4n) is 3.68. The number of amides is 4. The molecule has 1 aliphatic rings. The van der Waals surface area contributed by atoms with Crippen LogP contribution < -0.4 is 24.8 Å². The first-order valence-electron chi connectivity index (χ1n) is 11.4. The van der Waals surface area contributed by atoms with E-state index in [9.17, 15) is 14.4 Å². The van der Waals surface area contributed by atoms with Gasteiger partial charge in [-0.1, -0.05) is 57.3 Å². The van der Waals surface area contributed by atoms with Crippen molar-refractivity contribution in [2.24, 2.45) is 0 Å². The fourth-order valence-corrected chi connectivity index (χ4v) is 4.43. The van der Waals surface area contributed by atoms with Gasteiger partial charge in [0.1, 0.15) is 24.6 Å². The monoisotopic (exact) mass is 633 g/mol. The molecule has 202 valence electrons. The first-order chi connectivity index (χ1) is 18.7. The van der Waals surface area contributed by atoms with Gasteiger partial charge in [0.05, 0.1) is 30.0 Å². The lowest BCUT2D eigenvalue weighted by molar-refractivity contribution is -0.127. The molecule has 12 heteroatoms. The summed E-state index contributed by atoms with van der Waals surface area (Å²) in [5.41, 5.74) is 1.77. The van der Waals surface area contributed by atoms with Gasteiger partial charge >= 0.3 is 6.03 Å². The van der Waals surface area contributed by atoms with Gasteiger partial charge in [-0.15, -0.1) is 0 Å². The number of imide groups is 1. The van der Waals surface area contributed by atoms with Gasteiger partial charge < -0.3 is 24.8 Å². The molecule has 0 aromatic heterocycles. The van der Waals surface area contributed by atoms with Crippen LogP contribution in [0, 0.1) is 0 Å². The lowest BCUT2D eigenvalue weighted by atomic mass is 10.1. The molecule has 0 unspecified atom stereocenters. The zero-order valence-electron chi connectivity index (χ0n) is 20.7. The minimum absolute atomic E-state index is 0.00248. The van der Waals surface area contributed by atoms with Crippen LogP contribution in [-0.4, -0.2) is 43.5 Å². The number of nitrogens with one attached hydrogen (secondary N) is 2. The average Bonchev–Trinajstić information content (AvgIpc) is 3.18. The number of anilines is 1. The van der Waals surface area contributed by atoms with E-state index in [1.54, 1.807) is 54.6 Å². The van der Waals surface area contributed by atoms with Crippen LogP contribution in [0.2, 0.25) is 10.0 Å². The second-order valence-electron chi connectivity index (χ2n) is 8.19. The van der Waals surface area contributed by atoms with Crippen molar-refractivity contribution in [3.05, 3.63) is 85.9 Å². The third-order valence-electron chi connectivity index (χ3n) is 5.61. The molecule has 1 aliphatic heterocycles. The molecular weight excluding hydrogens is 613 g/mol. The summed E-state index contributed by atoms with van der Waals surface area (Å²) < 4.78 is 17.2. The van der Waals surface area contributed by atoms with Crippen molar-refractivity contribution in [2.75, 3.05) is 26.1 Å². The van der Waals surface area contributed by atoms with Crippen LogP contribution in [-0.2, 0) is 16.2 Å². The van der Waals surface area contributed by atoms with Crippen LogP contribution in [0.15, 0.2) is 64.8 Å². The van der Waals surface area contributed by atoms with E-state index < -0.39 is 24.4 Å². The summed E-state index contributed by atoms with van der Waals surface area (Å²) in [6.07, 6.45) is 1.48. The molecule has 39 heavy (non-hydrogen) atoms. The van der Waals surface area contributed by atoms with E-state index in [-0.39, 0.29) is 12.3 Å². The summed E-state index contributed by atoms with van der Waals surface area (Å²) in [4.78, 5) is 38.8. The molecular formula is C27H22BrCl2N3O6. The summed E-state index contributed by atoms with van der Waals surface area (Å²) in [5, 5.41) is 6.02. The van der Waals surface area contributed by atoms with Crippen LogP contribution in [0.4, 0.5) is 10.5 Å². The Morgan fingerprint density at radius 2 is 1.74 bits per heavy atom. The quantitative estimate of drug-likeness (QED) is 0.225. The molecule has 1 heterocycles. The highest BCUT2D eigenvalue weighted by atomic mass is 79.9. The molecule has 4 rings (SSSR count). The third kappa shape index (κ3) is 6.65. The summed E-state index contributed by atoms with van der Waals surface area (Å²) in [7, 11) is 2.96. The molecule has 3 aromatic rings. The zero-order chi connectivity index (χ0) is 28.1. The number of rotatable bonds is 9. The van der Waals surface area contributed by atoms with Gasteiger partial charge in [-0.25, -0.2) is 9.69 Å². The number of hydrogen-bond donors (Lipinski definition) is 2. The number of urea groups is 1. The maximum Gasteiger partial charge on any atom is 0.329 e. The minimum atomic E-state index is -0.717. The Balaban J connectivity index is 1.47. The second-order valence-corrected chi connectivity index (χ2v) is 9.86. The van der Waals surface area contributed by atoms with Gasteiger partial charge in [0.15, 0.2) is 11.5 Å². The maximum absolute atomic E-state index is 13.0. The van der Waals surface area contributed by atoms with Crippen LogP contribution in [0.5, 0.6) is 17.2 Å². The lowest BCUT2D eigenvalue weighted by Gasteiger charge is -2.14. The summed E-state index contributed by atoms with van der Waals surface area (Å²) in [6.45, 7) is -0.271. The van der Waals surface area contributed by atoms with Crippen LogP contribution in [0.1, 0.15) is 11.1 Å². The van der Waals surface area contributed by atoms with Crippen LogP contribution >= 0.6 is 39.1 Å². The number of ether oxygens (including phenoxy) is 3. The number of methoxy groups -OCH3 is 2. The van der Waals surface area contributed by atoms with Gasteiger partial charge in [0.2, 0.25) is 5.91 Å². The Morgan fingerprint density at radius 1 is 1.00 bits per heavy atom. The molecule has 0 spiro atoms. The van der Waals surface area contributed by atoms with Gasteiger partial charge in [-0.05, 0) is 53.6 Å². The first-order valence-corrected chi connectivity index (χ1v) is 13.0. The van der Waals surface area contributed by atoms with Crippen molar-refractivity contribution < 1.29 is 28.6 Å². The molecule has 0 atom stereocenters. The Labute approximate surface area is 242 Å².